The third kappa shape index (κ3) is 5.15. The molecule has 3 nitrogen and oxygen atoms in total. The molecular formula is C10H21ClN2O. The fourth-order valence-corrected chi connectivity index (χ4v) is 1.57. The lowest BCUT2D eigenvalue weighted by Crippen LogP contribution is -2.41. The van der Waals surface area contributed by atoms with Gasteiger partial charge in [-0.3, -0.25) is 4.90 Å². The van der Waals surface area contributed by atoms with Gasteiger partial charge in [0.15, 0.2) is 0 Å². The summed E-state index contributed by atoms with van der Waals surface area (Å²) in [6, 6.07) is 0. The van der Waals surface area contributed by atoms with Crippen LogP contribution in [0.3, 0.4) is 0 Å². The predicted molar refractivity (Wildman–Crippen MR) is 60.1 cm³/mol. The Balaban J connectivity index is 1.92. The van der Waals surface area contributed by atoms with E-state index in [-0.39, 0.29) is 5.38 Å². The lowest BCUT2D eigenvalue weighted by molar-refractivity contribution is 0.0384. The van der Waals surface area contributed by atoms with Gasteiger partial charge >= 0.3 is 0 Å². The van der Waals surface area contributed by atoms with Gasteiger partial charge in [0, 0.05) is 38.1 Å². The summed E-state index contributed by atoms with van der Waals surface area (Å²) in [7, 11) is 0. The summed E-state index contributed by atoms with van der Waals surface area (Å²) < 4.78 is 5.28. The molecule has 1 N–H and O–H groups in total. The molecule has 0 aromatic carbocycles. The standard InChI is InChI=1S/C10H21ClN2O/c1-2-10(11)9-12-3-4-13-5-7-14-8-6-13/h10,12H,2-9H2,1H3. The molecule has 0 amide bonds. The molecule has 0 radical (unpaired) electrons. The molecule has 1 rings (SSSR count). The van der Waals surface area contributed by atoms with Crippen LogP contribution in [-0.4, -0.2) is 56.2 Å². The van der Waals surface area contributed by atoms with Crippen LogP contribution < -0.4 is 5.32 Å². The first kappa shape index (κ1) is 12.2. The number of morpholine rings is 1. The SMILES string of the molecule is CCC(Cl)CNCCN1CCOCC1. The third-order valence-electron chi connectivity index (χ3n) is 2.52. The Morgan fingerprint density at radius 1 is 1.43 bits per heavy atom. The van der Waals surface area contributed by atoms with Gasteiger partial charge in [-0.1, -0.05) is 6.92 Å². The summed E-state index contributed by atoms with van der Waals surface area (Å²) in [5.41, 5.74) is 0. The molecule has 84 valence electrons. The summed E-state index contributed by atoms with van der Waals surface area (Å²) in [5, 5.41) is 3.65. The zero-order valence-corrected chi connectivity index (χ0v) is 9.72. The lowest BCUT2D eigenvalue weighted by atomic mass is 10.3. The van der Waals surface area contributed by atoms with Gasteiger partial charge < -0.3 is 10.1 Å². The first-order valence-electron chi connectivity index (χ1n) is 5.47. The fourth-order valence-electron chi connectivity index (χ4n) is 1.46. The highest BCUT2D eigenvalue weighted by molar-refractivity contribution is 6.20. The summed E-state index contributed by atoms with van der Waals surface area (Å²) in [6.07, 6.45) is 1.03. The zero-order chi connectivity index (χ0) is 10.2. The molecule has 1 heterocycles. The number of halogens is 1. The highest BCUT2D eigenvalue weighted by Gasteiger charge is 2.09. The van der Waals surface area contributed by atoms with E-state index in [4.69, 9.17) is 16.3 Å². The van der Waals surface area contributed by atoms with Crippen molar-refractivity contribution in [1.82, 2.24) is 10.2 Å². The van der Waals surface area contributed by atoms with Gasteiger partial charge in [-0.2, -0.15) is 0 Å². The molecule has 0 spiro atoms. The second kappa shape index (κ2) is 7.46. The van der Waals surface area contributed by atoms with Crippen molar-refractivity contribution in [3.8, 4) is 0 Å². The normalized spacial score (nSPS) is 21.0. The van der Waals surface area contributed by atoms with E-state index in [0.29, 0.717) is 0 Å². The minimum absolute atomic E-state index is 0.277. The smallest absolute Gasteiger partial charge is 0.0594 e. The average molecular weight is 221 g/mol. The van der Waals surface area contributed by atoms with Crippen molar-refractivity contribution < 1.29 is 4.74 Å². The van der Waals surface area contributed by atoms with Crippen molar-refractivity contribution in [3.05, 3.63) is 0 Å². The van der Waals surface area contributed by atoms with Crippen LogP contribution in [0.5, 0.6) is 0 Å². The van der Waals surface area contributed by atoms with Crippen LogP contribution in [0.4, 0.5) is 0 Å². The molecule has 0 saturated carbocycles. The highest BCUT2D eigenvalue weighted by atomic mass is 35.5. The molecule has 0 bridgehead atoms. The molecule has 1 aliphatic rings. The molecule has 1 unspecified atom stereocenters. The number of nitrogens with zero attached hydrogens (tertiary/aromatic N) is 1. The van der Waals surface area contributed by atoms with Crippen LogP contribution in [0.15, 0.2) is 0 Å². The van der Waals surface area contributed by atoms with Gasteiger partial charge in [0.2, 0.25) is 0 Å². The quantitative estimate of drug-likeness (QED) is 0.533. The maximum Gasteiger partial charge on any atom is 0.0594 e. The minimum atomic E-state index is 0.277. The molecule has 1 aliphatic heterocycles. The van der Waals surface area contributed by atoms with Crippen LogP contribution >= 0.6 is 11.6 Å². The Hall–Kier alpha value is 0.170. The largest absolute Gasteiger partial charge is 0.379 e. The minimum Gasteiger partial charge on any atom is -0.379 e. The summed E-state index contributed by atoms with van der Waals surface area (Å²) in [5.74, 6) is 0. The van der Waals surface area contributed by atoms with Crippen molar-refractivity contribution in [1.29, 1.82) is 0 Å². The van der Waals surface area contributed by atoms with Gasteiger partial charge in [0.05, 0.1) is 13.2 Å². The molecule has 4 heteroatoms. The topological polar surface area (TPSA) is 24.5 Å². The number of alkyl halides is 1. The summed E-state index contributed by atoms with van der Waals surface area (Å²) in [6.45, 7) is 9.07. The predicted octanol–water partition coefficient (Wildman–Crippen LogP) is 0.926. The Morgan fingerprint density at radius 3 is 2.79 bits per heavy atom. The van der Waals surface area contributed by atoms with Gasteiger partial charge in [-0.05, 0) is 6.42 Å². The number of hydrogen-bond acceptors (Lipinski definition) is 3. The van der Waals surface area contributed by atoms with Gasteiger partial charge in [-0.25, -0.2) is 0 Å². The molecule has 0 aromatic heterocycles. The Morgan fingerprint density at radius 2 is 2.14 bits per heavy atom. The lowest BCUT2D eigenvalue weighted by Gasteiger charge is -2.26. The van der Waals surface area contributed by atoms with E-state index >= 15 is 0 Å². The third-order valence-corrected chi connectivity index (χ3v) is 2.98. The van der Waals surface area contributed by atoms with E-state index in [1.165, 1.54) is 0 Å². The summed E-state index contributed by atoms with van der Waals surface area (Å²) in [4.78, 5) is 2.42. The number of hydrogen-bond donors (Lipinski definition) is 1. The summed E-state index contributed by atoms with van der Waals surface area (Å²) >= 11 is 5.99. The van der Waals surface area contributed by atoms with Crippen LogP contribution in [0.2, 0.25) is 0 Å². The molecule has 14 heavy (non-hydrogen) atoms. The van der Waals surface area contributed by atoms with Crippen molar-refractivity contribution in [3.63, 3.8) is 0 Å². The molecule has 1 atom stereocenters. The van der Waals surface area contributed by atoms with Gasteiger partial charge in [0.1, 0.15) is 0 Å². The van der Waals surface area contributed by atoms with Gasteiger partial charge in [-0.15, -0.1) is 11.6 Å². The van der Waals surface area contributed by atoms with Crippen molar-refractivity contribution in [2.75, 3.05) is 45.9 Å². The maximum absolute atomic E-state index is 5.99. The van der Waals surface area contributed by atoms with Crippen molar-refractivity contribution in [2.45, 2.75) is 18.7 Å². The Bertz CT molecular complexity index is 140. The maximum atomic E-state index is 5.99. The Labute approximate surface area is 91.7 Å². The average Bonchev–Trinajstić information content (AvgIpc) is 2.25. The van der Waals surface area contributed by atoms with E-state index in [0.717, 1.165) is 52.4 Å². The number of ether oxygens (including phenoxy) is 1. The van der Waals surface area contributed by atoms with E-state index in [2.05, 4.69) is 17.1 Å². The first-order chi connectivity index (χ1) is 6.83. The van der Waals surface area contributed by atoms with Crippen LogP contribution in [-0.2, 0) is 4.74 Å². The molecular weight excluding hydrogens is 200 g/mol. The van der Waals surface area contributed by atoms with Crippen LogP contribution in [0, 0.1) is 0 Å². The van der Waals surface area contributed by atoms with Gasteiger partial charge in [0.25, 0.3) is 0 Å². The van der Waals surface area contributed by atoms with E-state index < -0.39 is 0 Å². The van der Waals surface area contributed by atoms with Crippen LogP contribution in [0.1, 0.15) is 13.3 Å². The monoisotopic (exact) mass is 220 g/mol. The van der Waals surface area contributed by atoms with Crippen molar-refractivity contribution in [2.24, 2.45) is 0 Å². The number of nitrogens with one attached hydrogen (secondary N) is 1. The fraction of sp³-hybridized carbons (Fsp3) is 1.00. The molecule has 0 aliphatic carbocycles. The van der Waals surface area contributed by atoms with Crippen LogP contribution in [0.25, 0.3) is 0 Å². The zero-order valence-electron chi connectivity index (χ0n) is 8.97. The van der Waals surface area contributed by atoms with E-state index in [9.17, 15) is 0 Å². The second-order valence-electron chi connectivity index (χ2n) is 3.66. The van der Waals surface area contributed by atoms with Crippen molar-refractivity contribution >= 4 is 11.6 Å². The first-order valence-corrected chi connectivity index (χ1v) is 5.91. The molecule has 1 saturated heterocycles. The number of rotatable bonds is 6. The molecule has 1 fully saturated rings. The van der Waals surface area contributed by atoms with E-state index in [1.807, 2.05) is 0 Å². The highest BCUT2D eigenvalue weighted by Crippen LogP contribution is 1.98. The second-order valence-corrected chi connectivity index (χ2v) is 4.28. The van der Waals surface area contributed by atoms with E-state index in [1.54, 1.807) is 0 Å². The molecule has 0 aromatic rings. The Kier molecular flexibility index (Phi) is 6.52.